The lowest BCUT2D eigenvalue weighted by molar-refractivity contribution is -0.142. The molecule has 3 aromatic rings. The molecular formula is C29H19F6N5O2. The predicted molar refractivity (Wildman–Crippen MR) is 134 cm³/mol. The minimum atomic E-state index is -4.79. The molecule has 3 aromatic carbocycles. The Balaban J connectivity index is 1.48. The Morgan fingerprint density at radius 2 is 1.12 bits per heavy atom. The smallest absolute Gasteiger partial charge is 0.244 e. The molecule has 0 spiro atoms. The minimum Gasteiger partial charge on any atom is -0.244 e. The van der Waals surface area contributed by atoms with Crippen LogP contribution in [0.5, 0.6) is 0 Å². The molecule has 42 heavy (non-hydrogen) atoms. The molecule has 0 radical (unpaired) electrons. The topological polar surface area (TPSA) is 70.9 Å². The average molecular weight is 583 g/mol. The molecule has 2 bridgehead atoms. The summed E-state index contributed by atoms with van der Waals surface area (Å²) in [6, 6.07) is 12.2. The summed E-state index contributed by atoms with van der Waals surface area (Å²) in [5.74, 6) is 0. The van der Waals surface area contributed by atoms with Gasteiger partial charge in [-0.3, -0.25) is 0 Å². The van der Waals surface area contributed by atoms with Crippen LogP contribution in [-0.2, 0) is 25.4 Å². The average Bonchev–Trinajstić information content (AvgIpc) is 2.96. The van der Waals surface area contributed by atoms with E-state index >= 15 is 0 Å². The molecule has 0 N–H and O–H groups in total. The number of hydrazine groups is 2. The van der Waals surface area contributed by atoms with Crippen LogP contribution < -0.4 is 0 Å². The lowest BCUT2D eigenvalue weighted by atomic mass is 9.85. The summed E-state index contributed by atoms with van der Waals surface area (Å²) < 4.78 is 83.2. The van der Waals surface area contributed by atoms with E-state index in [1.165, 1.54) is 24.3 Å². The van der Waals surface area contributed by atoms with Gasteiger partial charge in [0.15, 0.2) is 0 Å². The zero-order valence-electron chi connectivity index (χ0n) is 21.4. The third-order valence-electron chi connectivity index (χ3n) is 7.50. The highest BCUT2D eigenvalue weighted by molar-refractivity contribution is 5.88. The molecule has 214 valence electrons. The number of amides is 4. The van der Waals surface area contributed by atoms with Gasteiger partial charge in [0, 0.05) is 0 Å². The van der Waals surface area contributed by atoms with Crippen LogP contribution in [0.4, 0.5) is 35.9 Å². The molecule has 2 unspecified atom stereocenters. The Bertz CT molecular complexity index is 1680. The molecule has 0 aromatic heterocycles. The zero-order chi connectivity index (χ0) is 30.0. The lowest BCUT2D eigenvalue weighted by Crippen LogP contribution is -2.71. The number of halogens is 6. The highest BCUT2D eigenvalue weighted by Gasteiger charge is 2.54. The Kier molecular flexibility index (Phi) is 6.18. The van der Waals surface area contributed by atoms with Crippen LogP contribution in [-0.4, -0.2) is 32.1 Å². The van der Waals surface area contributed by atoms with Crippen molar-refractivity contribution < 1.29 is 35.9 Å². The van der Waals surface area contributed by atoms with E-state index in [1.807, 2.05) is 6.07 Å². The maximum Gasteiger partial charge on any atom is 0.416 e. The summed E-state index contributed by atoms with van der Waals surface area (Å²) in [6.45, 7) is -1.48. The molecule has 7 rings (SSSR count). The number of carbonyl (C=O) groups excluding carboxylic acids is 2. The van der Waals surface area contributed by atoms with Crippen LogP contribution >= 0.6 is 0 Å². The van der Waals surface area contributed by atoms with E-state index in [0.717, 1.165) is 44.3 Å². The van der Waals surface area contributed by atoms with E-state index in [9.17, 15) is 41.2 Å². The maximum atomic E-state index is 14.1. The van der Waals surface area contributed by atoms with E-state index < -0.39 is 60.7 Å². The monoisotopic (exact) mass is 583 g/mol. The van der Waals surface area contributed by atoms with Crippen LogP contribution in [0.25, 0.3) is 0 Å². The first kappa shape index (κ1) is 27.2. The van der Waals surface area contributed by atoms with Crippen molar-refractivity contribution in [2.75, 3.05) is 0 Å². The van der Waals surface area contributed by atoms with E-state index in [0.29, 0.717) is 16.7 Å². The predicted octanol–water partition coefficient (Wildman–Crippen LogP) is 6.95. The molecule has 1 fully saturated rings. The summed E-state index contributed by atoms with van der Waals surface area (Å²) in [4.78, 5) is 28.2. The van der Waals surface area contributed by atoms with Crippen molar-refractivity contribution in [3.63, 3.8) is 0 Å². The van der Waals surface area contributed by atoms with Gasteiger partial charge < -0.3 is 0 Å². The van der Waals surface area contributed by atoms with Crippen molar-refractivity contribution in [1.29, 1.82) is 5.26 Å². The summed E-state index contributed by atoms with van der Waals surface area (Å²) in [7, 11) is 0. The lowest BCUT2D eigenvalue weighted by Gasteiger charge is -2.57. The molecule has 1 saturated heterocycles. The van der Waals surface area contributed by atoms with Crippen molar-refractivity contribution >= 4 is 12.1 Å². The van der Waals surface area contributed by atoms with E-state index in [1.54, 1.807) is 30.4 Å². The third kappa shape index (κ3) is 4.30. The van der Waals surface area contributed by atoms with Crippen LogP contribution in [0.15, 0.2) is 78.9 Å². The van der Waals surface area contributed by atoms with Gasteiger partial charge in [-0.25, -0.2) is 29.6 Å². The molecule has 0 saturated carbocycles. The van der Waals surface area contributed by atoms with Gasteiger partial charge in [0.2, 0.25) is 0 Å². The summed E-state index contributed by atoms with van der Waals surface area (Å²) in [5, 5.41) is 13.1. The summed E-state index contributed by atoms with van der Waals surface area (Å²) in [5.41, 5.74) is -1.30. The van der Waals surface area contributed by atoms with Gasteiger partial charge in [0.1, 0.15) is 0 Å². The largest absolute Gasteiger partial charge is 0.416 e. The van der Waals surface area contributed by atoms with Gasteiger partial charge >= 0.3 is 24.4 Å². The first-order chi connectivity index (χ1) is 19.9. The molecule has 2 atom stereocenters. The quantitative estimate of drug-likeness (QED) is 0.247. The van der Waals surface area contributed by atoms with Crippen molar-refractivity contribution in [3.05, 3.63) is 118 Å². The van der Waals surface area contributed by atoms with Crippen molar-refractivity contribution in [3.8, 4) is 6.07 Å². The first-order valence-corrected chi connectivity index (χ1v) is 12.6. The number of benzene rings is 3. The number of urea groups is 2. The highest BCUT2D eigenvalue weighted by Crippen LogP contribution is 2.48. The zero-order valence-corrected chi connectivity index (χ0v) is 21.4. The molecular weight excluding hydrogens is 564 g/mol. The van der Waals surface area contributed by atoms with Gasteiger partial charge in [0.05, 0.1) is 47.9 Å². The van der Waals surface area contributed by atoms with Crippen LogP contribution in [0.1, 0.15) is 51.0 Å². The second-order valence-corrected chi connectivity index (χ2v) is 9.91. The van der Waals surface area contributed by atoms with Gasteiger partial charge in [-0.2, -0.15) is 31.6 Å². The molecule has 7 nitrogen and oxygen atoms in total. The van der Waals surface area contributed by atoms with Gasteiger partial charge in [-0.05, 0) is 46.5 Å². The fourth-order valence-corrected chi connectivity index (χ4v) is 5.65. The summed E-state index contributed by atoms with van der Waals surface area (Å²) in [6.07, 6.45) is -6.27. The normalized spacial score (nSPS) is 19.6. The second kappa shape index (κ2) is 9.54. The fraction of sp³-hybridized carbons (Fsp3) is 0.207. The van der Waals surface area contributed by atoms with Crippen molar-refractivity contribution in [2.24, 2.45) is 0 Å². The number of carbonyl (C=O) groups is 2. The maximum absolute atomic E-state index is 14.1. The third-order valence-corrected chi connectivity index (χ3v) is 7.50. The second-order valence-electron chi connectivity index (χ2n) is 9.91. The summed E-state index contributed by atoms with van der Waals surface area (Å²) >= 11 is 0. The van der Waals surface area contributed by atoms with Crippen LogP contribution in [0.2, 0.25) is 0 Å². The molecule has 4 aliphatic rings. The van der Waals surface area contributed by atoms with Crippen LogP contribution in [0, 0.1) is 11.3 Å². The molecule has 3 aliphatic heterocycles. The highest BCUT2D eigenvalue weighted by atomic mass is 19.4. The number of nitrogens with zero attached hydrogens (tertiary/aromatic N) is 5. The Morgan fingerprint density at radius 3 is 1.57 bits per heavy atom. The van der Waals surface area contributed by atoms with E-state index in [-0.39, 0.29) is 11.1 Å². The molecule has 13 heteroatoms. The molecule has 3 heterocycles. The van der Waals surface area contributed by atoms with Crippen LogP contribution in [0.3, 0.4) is 0 Å². The molecule has 1 aliphatic carbocycles. The minimum absolute atomic E-state index is 0.304. The van der Waals surface area contributed by atoms with Gasteiger partial charge in [-0.15, -0.1) is 0 Å². The van der Waals surface area contributed by atoms with Gasteiger partial charge in [-0.1, -0.05) is 54.6 Å². The number of hydrogen-bond donors (Lipinski definition) is 0. The SMILES string of the molecule is N#Cc1ccc2c(c1)C1C=CC2N2C(=O)N(Cc3ccccc3C(F)(F)F)N(Cc3ccccc3C(F)(F)F)C(=O)N12. The standard InChI is InChI=1S/C29H19F6N5O2/c30-28(31,32)22-7-3-1-5-18(22)15-37-26(41)39-24-11-12-25(21-13-17(14-36)9-10-20(21)24)40(39)27(42)38(37)16-19-6-2-4-8-23(19)29(33,34)35/h1-13,24-25H,15-16H2. The van der Waals surface area contributed by atoms with Crippen molar-refractivity contribution in [2.45, 2.75) is 37.5 Å². The van der Waals surface area contributed by atoms with E-state index in [2.05, 4.69) is 0 Å². The Labute approximate surface area is 235 Å². The van der Waals surface area contributed by atoms with E-state index in [4.69, 9.17) is 0 Å². The number of rotatable bonds is 4. The first-order valence-electron chi connectivity index (χ1n) is 12.6. The van der Waals surface area contributed by atoms with Gasteiger partial charge in [0.25, 0.3) is 0 Å². The fourth-order valence-electron chi connectivity index (χ4n) is 5.65. The molecule has 4 amide bonds. The Hall–Kier alpha value is -4.99. The number of alkyl halides is 6. The Morgan fingerprint density at radius 1 is 0.667 bits per heavy atom. The van der Waals surface area contributed by atoms with Crippen molar-refractivity contribution in [1.82, 2.24) is 20.0 Å². The number of nitriles is 1. The number of hydrogen-bond acceptors (Lipinski definition) is 3.